The Bertz CT molecular complexity index is 377. The molecular weight excluding hydrogens is 258 g/mol. The second-order valence-electron chi connectivity index (χ2n) is 6.37. The summed E-state index contributed by atoms with van der Waals surface area (Å²) in [5, 5.41) is 8.59. The van der Waals surface area contributed by atoms with Gasteiger partial charge in [-0.05, 0) is 37.5 Å². The van der Waals surface area contributed by atoms with Crippen LogP contribution in [0, 0.1) is 17.8 Å². The number of amides is 1. The first-order valence-electron chi connectivity index (χ1n) is 7.79. The van der Waals surface area contributed by atoms with Crippen molar-refractivity contribution in [1.29, 1.82) is 0 Å². The van der Waals surface area contributed by atoms with E-state index in [4.69, 9.17) is 9.84 Å². The van der Waals surface area contributed by atoms with Crippen molar-refractivity contribution in [1.82, 2.24) is 4.90 Å². The third-order valence-electron chi connectivity index (χ3n) is 5.14. The van der Waals surface area contributed by atoms with Crippen LogP contribution in [-0.4, -0.2) is 47.7 Å². The fourth-order valence-electron chi connectivity index (χ4n) is 4.00. The molecule has 0 aromatic carbocycles. The van der Waals surface area contributed by atoms with E-state index in [9.17, 15) is 9.59 Å². The van der Waals surface area contributed by atoms with Gasteiger partial charge in [-0.3, -0.25) is 4.79 Å². The summed E-state index contributed by atoms with van der Waals surface area (Å²) in [6.07, 6.45) is 6.57. The number of carboxylic acid groups (broad SMARTS) is 1. The van der Waals surface area contributed by atoms with Crippen LogP contribution in [0.15, 0.2) is 0 Å². The molecule has 3 aliphatic rings. The predicted octanol–water partition coefficient (Wildman–Crippen LogP) is 1.51. The molecule has 112 valence electrons. The quantitative estimate of drug-likeness (QED) is 0.848. The minimum absolute atomic E-state index is 0.00312. The lowest BCUT2D eigenvalue weighted by Gasteiger charge is -2.32. The molecule has 5 heteroatoms. The zero-order valence-electron chi connectivity index (χ0n) is 11.8. The van der Waals surface area contributed by atoms with E-state index in [-0.39, 0.29) is 12.7 Å². The molecule has 5 nitrogen and oxygen atoms in total. The second kappa shape index (κ2) is 5.72. The van der Waals surface area contributed by atoms with E-state index in [1.807, 2.05) is 4.90 Å². The molecule has 0 aromatic heterocycles. The van der Waals surface area contributed by atoms with Crippen LogP contribution in [0.2, 0.25) is 0 Å². The van der Waals surface area contributed by atoms with E-state index in [0.717, 1.165) is 25.9 Å². The van der Waals surface area contributed by atoms with Crippen molar-refractivity contribution in [2.24, 2.45) is 17.8 Å². The van der Waals surface area contributed by atoms with Gasteiger partial charge in [-0.15, -0.1) is 0 Å². The summed E-state index contributed by atoms with van der Waals surface area (Å²) in [6, 6.07) is 0. The molecule has 2 aliphatic carbocycles. The first-order valence-corrected chi connectivity index (χ1v) is 7.79. The van der Waals surface area contributed by atoms with Crippen LogP contribution in [0.1, 0.15) is 38.5 Å². The Kier molecular flexibility index (Phi) is 3.96. The monoisotopic (exact) mass is 281 g/mol. The molecule has 0 bridgehead atoms. The average Bonchev–Trinajstić information content (AvgIpc) is 3.19. The molecule has 3 fully saturated rings. The van der Waals surface area contributed by atoms with E-state index in [0.29, 0.717) is 23.7 Å². The first-order chi connectivity index (χ1) is 9.66. The summed E-state index contributed by atoms with van der Waals surface area (Å²) < 4.78 is 5.31. The SMILES string of the molecule is O=C(O)COC1CCN(C(=O)C2C3CCCCC32)CC1. The molecule has 2 saturated carbocycles. The maximum atomic E-state index is 12.5. The van der Waals surface area contributed by atoms with Gasteiger partial charge in [-0.2, -0.15) is 0 Å². The number of hydrogen-bond donors (Lipinski definition) is 1. The van der Waals surface area contributed by atoms with Crippen molar-refractivity contribution in [3.8, 4) is 0 Å². The topological polar surface area (TPSA) is 66.8 Å². The molecule has 2 unspecified atom stereocenters. The Morgan fingerprint density at radius 1 is 1.05 bits per heavy atom. The van der Waals surface area contributed by atoms with Crippen LogP contribution in [-0.2, 0) is 14.3 Å². The van der Waals surface area contributed by atoms with Crippen LogP contribution in [0.4, 0.5) is 0 Å². The largest absolute Gasteiger partial charge is 0.480 e. The summed E-state index contributed by atoms with van der Waals surface area (Å²) in [7, 11) is 0. The zero-order chi connectivity index (χ0) is 14.1. The molecule has 1 amide bonds. The van der Waals surface area contributed by atoms with Crippen molar-refractivity contribution in [3.05, 3.63) is 0 Å². The summed E-state index contributed by atoms with van der Waals surface area (Å²) in [6.45, 7) is 1.21. The minimum atomic E-state index is -0.925. The van der Waals surface area contributed by atoms with Crippen molar-refractivity contribution < 1.29 is 19.4 Å². The van der Waals surface area contributed by atoms with Gasteiger partial charge in [0.1, 0.15) is 6.61 Å². The highest BCUT2D eigenvalue weighted by molar-refractivity contribution is 5.82. The molecule has 1 N–H and O–H groups in total. The number of carbonyl (C=O) groups is 2. The molecule has 2 atom stereocenters. The van der Waals surface area contributed by atoms with E-state index < -0.39 is 5.97 Å². The number of aliphatic carboxylic acids is 1. The Balaban J connectivity index is 1.44. The molecule has 20 heavy (non-hydrogen) atoms. The predicted molar refractivity (Wildman–Crippen MR) is 72.1 cm³/mol. The highest BCUT2D eigenvalue weighted by atomic mass is 16.5. The zero-order valence-corrected chi connectivity index (χ0v) is 11.8. The minimum Gasteiger partial charge on any atom is -0.480 e. The van der Waals surface area contributed by atoms with Crippen LogP contribution in [0.3, 0.4) is 0 Å². The van der Waals surface area contributed by atoms with Crippen molar-refractivity contribution in [2.45, 2.75) is 44.6 Å². The maximum absolute atomic E-state index is 12.5. The lowest BCUT2D eigenvalue weighted by atomic mass is 10.0. The molecule has 1 saturated heterocycles. The summed E-state index contributed by atoms with van der Waals surface area (Å²) >= 11 is 0. The van der Waals surface area contributed by atoms with Gasteiger partial charge in [-0.1, -0.05) is 12.8 Å². The third kappa shape index (κ3) is 2.82. The highest BCUT2D eigenvalue weighted by Gasteiger charge is 2.55. The summed E-state index contributed by atoms with van der Waals surface area (Å²) in [4.78, 5) is 24.9. The van der Waals surface area contributed by atoms with Crippen molar-refractivity contribution >= 4 is 11.9 Å². The number of carboxylic acids is 1. The van der Waals surface area contributed by atoms with Crippen molar-refractivity contribution in [2.75, 3.05) is 19.7 Å². The maximum Gasteiger partial charge on any atom is 0.329 e. The van der Waals surface area contributed by atoms with Crippen LogP contribution < -0.4 is 0 Å². The average molecular weight is 281 g/mol. The molecule has 3 rings (SSSR count). The Morgan fingerprint density at radius 3 is 2.20 bits per heavy atom. The Labute approximate surface area is 119 Å². The van der Waals surface area contributed by atoms with Crippen LogP contribution >= 0.6 is 0 Å². The number of likely N-dealkylation sites (tertiary alicyclic amines) is 1. The number of hydrogen-bond acceptors (Lipinski definition) is 3. The van der Waals surface area contributed by atoms with Gasteiger partial charge < -0.3 is 14.7 Å². The fraction of sp³-hybridized carbons (Fsp3) is 0.867. The lowest BCUT2D eigenvalue weighted by molar-refractivity contribution is -0.147. The fourth-order valence-corrected chi connectivity index (χ4v) is 4.00. The molecule has 1 heterocycles. The smallest absolute Gasteiger partial charge is 0.329 e. The highest BCUT2D eigenvalue weighted by Crippen LogP contribution is 2.56. The third-order valence-corrected chi connectivity index (χ3v) is 5.14. The van der Waals surface area contributed by atoms with E-state index in [1.54, 1.807) is 0 Å². The van der Waals surface area contributed by atoms with Gasteiger partial charge in [0.05, 0.1) is 6.10 Å². The van der Waals surface area contributed by atoms with E-state index >= 15 is 0 Å². The Morgan fingerprint density at radius 2 is 1.65 bits per heavy atom. The normalized spacial score (nSPS) is 33.6. The number of piperidine rings is 1. The number of ether oxygens (including phenoxy) is 1. The van der Waals surface area contributed by atoms with Gasteiger partial charge in [0, 0.05) is 19.0 Å². The molecule has 0 spiro atoms. The lowest BCUT2D eigenvalue weighted by Crippen LogP contribution is -2.42. The van der Waals surface area contributed by atoms with Gasteiger partial charge >= 0.3 is 5.97 Å². The molecule has 0 radical (unpaired) electrons. The van der Waals surface area contributed by atoms with Gasteiger partial charge in [-0.25, -0.2) is 4.79 Å². The Hall–Kier alpha value is -1.10. The molecule has 0 aromatic rings. The number of fused-ring (bicyclic) bond motifs is 1. The van der Waals surface area contributed by atoms with Crippen LogP contribution in [0.5, 0.6) is 0 Å². The second-order valence-corrected chi connectivity index (χ2v) is 6.37. The molecule has 1 aliphatic heterocycles. The van der Waals surface area contributed by atoms with Gasteiger partial charge in [0.25, 0.3) is 0 Å². The number of carbonyl (C=O) groups excluding carboxylic acids is 1. The first kappa shape index (κ1) is 13.9. The standard InChI is InChI=1S/C15H23NO4/c17-13(18)9-20-10-5-7-16(8-6-10)15(19)14-11-3-1-2-4-12(11)14/h10-12,14H,1-9H2,(H,17,18). The van der Waals surface area contributed by atoms with Gasteiger partial charge in [0.15, 0.2) is 0 Å². The van der Waals surface area contributed by atoms with E-state index in [1.165, 1.54) is 25.7 Å². The summed E-state index contributed by atoms with van der Waals surface area (Å²) in [5.41, 5.74) is 0. The number of rotatable bonds is 4. The summed E-state index contributed by atoms with van der Waals surface area (Å²) in [5.74, 6) is 1.05. The van der Waals surface area contributed by atoms with Crippen LogP contribution in [0.25, 0.3) is 0 Å². The van der Waals surface area contributed by atoms with Crippen molar-refractivity contribution in [3.63, 3.8) is 0 Å². The van der Waals surface area contributed by atoms with E-state index in [2.05, 4.69) is 0 Å². The number of nitrogens with zero attached hydrogens (tertiary/aromatic N) is 1. The molecular formula is C15H23NO4. The van der Waals surface area contributed by atoms with Gasteiger partial charge in [0.2, 0.25) is 5.91 Å².